The molecule has 0 aliphatic carbocycles. The summed E-state index contributed by atoms with van der Waals surface area (Å²) in [6, 6.07) is 20.7. The van der Waals surface area contributed by atoms with Crippen LogP contribution in [0.4, 0.5) is 8.78 Å². The number of oxime groups is 1. The molecule has 0 saturated heterocycles. The summed E-state index contributed by atoms with van der Waals surface area (Å²) in [6.45, 7) is 2.94. The monoisotopic (exact) mass is 466 g/mol. The van der Waals surface area contributed by atoms with Gasteiger partial charge in [-0.25, -0.2) is 8.78 Å². The summed E-state index contributed by atoms with van der Waals surface area (Å²) in [5, 5.41) is 14.9. The first-order valence-corrected chi connectivity index (χ1v) is 11.3. The van der Waals surface area contributed by atoms with Gasteiger partial charge in [0, 0.05) is 43.2 Å². The molecule has 1 aliphatic rings. The molecule has 0 radical (unpaired) electrons. The van der Waals surface area contributed by atoms with Crippen LogP contribution in [0.2, 0.25) is 0 Å². The van der Waals surface area contributed by atoms with Crippen molar-refractivity contribution in [3.8, 4) is 5.75 Å². The number of ether oxygens (including phenoxy) is 1. The van der Waals surface area contributed by atoms with E-state index in [0.717, 1.165) is 22.9 Å². The number of hydrogen-bond donors (Lipinski definition) is 1. The van der Waals surface area contributed by atoms with Gasteiger partial charge in [-0.05, 0) is 30.7 Å². The molecule has 0 spiro atoms. The maximum absolute atomic E-state index is 14.4. The van der Waals surface area contributed by atoms with Crippen LogP contribution in [0.3, 0.4) is 0 Å². The van der Waals surface area contributed by atoms with Crippen molar-refractivity contribution in [1.29, 1.82) is 0 Å². The van der Waals surface area contributed by atoms with Gasteiger partial charge in [0.25, 0.3) is 0 Å². The van der Waals surface area contributed by atoms with Gasteiger partial charge in [0.05, 0.1) is 5.71 Å². The fraction of sp³-hybridized carbons (Fsp3) is 0.296. The van der Waals surface area contributed by atoms with Crippen LogP contribution in [0.1, 0.15) is 23.1 Å². The maximum Gasteiger partial charge on any atom is 0.145 e. The molecule has 0 saturated carbocycles. The molecule has 2 atom stereocenters. The van der Waals surface area contributed by atoms with Crippen molar-refractivity contribution < 1.29 is 23.5 Å². The molecule has 3 aromatic rings. The highest BCUT2D eigenvalue weighted by Gasteiger charge is 2.27. The Balaban J connectivity index is 1.41. The van der Waals surface area contributed by atoms with E-state index in [1.54, 1.807) is 0 Å². The van der Waals surface area contributed by atoms with E-state index in [9.17, 15) is 13.9 Å². The second-order valence-corrected chi connectivity index (χ2v) is 8.49. The van der Waals surface area contributed by atoms with Gasteiger partial charge in [-0.2, -0.15) is 0 Å². The number of para-hydroxylation sites is 1. The van der Waals surface area contributed by atoms with Crippen LogP contribution in [0.15, 0.2) is 78.0 Å². The molecule has 3 aromatic carbocycles. The van der Waals surface area contributed by atoms with Gasteiger partial charge in [-0.15, -0.1) is 0 Å². The van der Waals surface area contributed by atoms with Gasteiger partial charge < -0.3 is 14.7 Å². The van der Waals surface area contributed by atoms with Gasteiger partial charge >= 0.3 is 0 Å². The van der Waals surface area contributed by atoms with Gasteiger partial charge in [-0.3, -0.25) is 4.90 Å². The fourth-order valence-corrected chi connectivity index (χ4v) is 4.02. The molecular weight excluding hydrogens is 438 g/mol. The van der Waals surface area contributed by atoms with E-state index >= 15 is 0 Å². The maximum atomic E-state index is 14.4. The number of aliphatic hydroxyl groups excluding tert-OH is 1. The highest BCUT2D eigenvalue weighted by Crippen LogP contribution is 2.21. The molecule has 178 valence electrons. The lowest BCUT2D eigenvalue weighted by Crippen LogP contribution is -2.40. The molecule has 34 heavy (non-hydrogen) atoms. The molecule has 4 rings (SSSR count). The quantitative estimate of drug-likeness (QED) is 0.470. The zero-order chi connectivity index (χ0) is 23.9. The van der Waals surface area contributed by atoms with E-state index in [1.807, 2.05) is 66.4 Å². The summed E-state index contributed by atoms with van der Waals surface area (Å²) in [6.07, 6.45) is -0.466. The summed E-state index contributed by atoms with van der Waals surface area (Å²) in [5.41, 5.74) is 3.36. The van der Waals surface area contributed by atoms with Crippen molar-refractivity contribution in [3.05, 3.63) is 101 Å². The van der Waals surface area contributed by atoms with Crippen LogP contribution in [0.25, 0.3) is 0 Å². The van der Waals surface area contributed by atoms with Gasteiger partial charge in [0.2, 0.25) is 0 Å². The normalized spacial score (nSPS) is 16.3. The summed E-state index contributed by atoms with van der Waals surface area (Å²) in [7, 11) is 0. The van der Waals surface area contributed by atoms with Crippen molar-refractivity contribution in [2.45, 2.75) is 32.1 Å². The van der Waals surface area contributed by atoms with E-state index in [2.05, 4.69) is 5.16 Å². The second-order valence-electron chi connectivity index (χ2n) is 8.49. The van der Waals surface area contributed by atoms with E-state index in [0.29, 0.717) is 24.3 Å². The fourth-order valence-electron chi connectivity index (χ4n) is 4.02. The van der Waals surface area contributed by atoms with E-state index < -0.39 is 17.7 Å². The molecule has 0 bridgehead atoms. The van der Waals surface area contributed by atoms with E-state index in [4.69, 9.17) is 9.57 Å². The van der Waals surface area contributed by atoms with Crippen molar-refractivity contribution >= 4 is 5.71 Å². The standard InChI is InChI=1S/C27H28F2N2O3/c1-19-7-5-6-10-25(19)27-14-24(34-30-27)17-31(15-20-11-12-21(28)13-26(20)29)16-22(32)18-33-23-8-3-2-4-9-23/h2-13,22,24,32H,14-18H2,1H3. The highest BCUT2D eigenvalue weighted by atomic mass is 19.1. The average Bonchev–Trinajstić information content (AvgIpc) is 3.28. The molecular formula is C27H28F2N2O3. The van der Waals surface area contributed by atoms with Crippen LogP contribution in [0, 0.1) is 18.6 Å². The Morgan fingerprint density at radius 2 is 1.85 bits per heavy atom. The minimum atomic E-state index is -0.818. The summed E-state index contributed by atoms with van der Waals surface area (Å²) in [4.78, 5) is 7.57. The Morgan fingerprint density at radius 1 is 1.09 bits per heavy atom. The lowest BCUT2D eigenvalue weighted by atomic mass is 10.00. The molecule has 0 aromatic heterocycles. The molecule has 1 aliphatic heterocycles. The summed E-state index contributed by atoms with van der Waals surface area (Å²) < 4.78 is 33.4. The lowest BCUT2D eigenvalue weighted by Gasteiger charge is -2.27. The third-order valence-electron chi connectivity index (χ3n) is 5.71. The Bertz CT molecular complexity index is 1120. The molecule has 0 fully saturated rings. The Morgan fingerprint density at radius 3 is 2.62 bits per heavy atom. The first-order chi connectivity index (χ1) is 16.5. The molecule has 7 heteroatoms. The van der Waals surface area contributed by atoms with Crippen LogP contribution >= 0.6 is 0 Å². The summed E-state index contributed by atoms with van der Waals surface area (Å²) in [5.74, 6) is -0.586. The summed E-state index contributed by atoms with van der Waals surface area (Å²) >= 11 is 0. The van der Waals surface area contributed by atoms with E-state index in [1.165, 1.54) is 12.1 Å². The number of nitrogens with zero attached hydrogens (tertiary/aromatic N) is 2. The number of halogens is 2. The van der Waals surface area contributed by atoms with Crippen LogP contribution in [-0.2, 0) is 11.4 Å². The first kappa shape index (κ1) is 23.9. The Hall–Kier alpha value is -3.29. The Kier molecular flexibility index (Phi) is 7.87. The van der Waals surface area contributed by atoms with Crippen LogP contribution < -0.4 is 4.74 Å². The lowest BCUT2D eigenvalue weighted by molar-refractivity contribution is 0.0209. The van der Waals surface area contributed by atoms with Gasteiger partial charge in [-0.1, -0.05) is 53.7 Å². The minimum Gasteiger partial charge on any atom is -0.491 e. The molecule has 2 unspecified atom stereocenters. The zero-order valence-electron chi connectivity index (χ0n) is 19.0. The predicted molar refractivity (Wildman–Crippen MR) is 127 cm³/mol. The number of rotatable bonds is 10. The van der Waals surface area contributed by atoms with Crippen molar-refractivity contribution in [3.63, 3.8) is 0 Å². The largest absolute Gasteiger partial charge is 0.491 e. The Labute approximate surface area is 198 Å². The predicted octanol–water partition coefficient (Wildman–Crippen LogP) is 4.71. The van der Waals surface area contributed by atoms with E-state index in [-0.39, 0.29) is 25.8 Å². The molecule has 5 nitrogen and oxygen atoms in total. The number of benzene rings is 3. The van der Waals surface area contributed by atoms with Crippen LogP contribution in [0.5, 0.6) is 5.75 Å². The third-order valence-corrected chi connectivity index (χ3v) is 5.71. The highest BCUT2D eigenvalue weighted by molar-refractivity contribution is 6.02. The smallest absolute Gasteiger partial charge is 0.145 e. The SMILES string of the molecule is Cc1ccccc1C1=NOC(CN(Cc2ccc(F)cc2F)CC(O)COc2ccccc2)C1. The van der Waals surface area contributed by atoms with Crippen molar-refractivity contribution in [1.82, 2.24) is 4.90 Å². The topological polar surface area (TPSA) is 54.3 Å². The van der Waals surface area contributed by atoms with Gasteiger partial charge in [0.15, 0.2) is 0 Å². The minimum absolute atomic E-state index is 0.0862. The molecule has 1 heterocycles. The molecule has 0 amide bonds. The van der Waals surface area contributed by atoms with Gasteiger partial charge in [0.1, 0.15) is 36.2 Å². The second kappa shape index (κ2) is 11.2. The number of aryl methyl sites for hydroxylation is 1. The third kappa shape index (κ3) is 6.40. The average molecular weight is 467 g/mol. The number of aliphatic hydroxyl groups is 1. The first-order valence-electron chi connectivity index (χ1n) is 11.3. The van der Waals surface area contributed by atoms with Crippen molar-refractivity contribution in [2.75, 3.05) is 19.7 Å². The van der Waals surface area contributed by atoms with Crippen LogP contribution in [-0.4, -0.2) is 47.6 Å². The zero-order valence-corrected chi connectivity index (χ0v) is 19.0. The number of hydrogen-bond acceptors (Lipinski definition) is 5. The molecule has 1 N–H and O–H groups in total. The van der Waals surface area contributed by atoms with Crippen molar-refractivity contribution in [2.24, 2.45) is 5.16 Å².